The average Bonchev–Trinajstić information content (AvgIpc) is 3.16. The number of aromatic nitrogens is 1. The number of halogens is 1. The lowest BCUT2D eigenvalue weighted by Crippen LogP contribution is -2.50. The van der Waals surface area contributed by atoms with Gasteiger partial charge < -0.3 is 19.1 Å². The zero-order chi connectivity index (χ0) is 26.0. The maximum Gasteiger partial charge on any atom is 0.340 e. The highest BCUT2D eigenvalue weighted by Gasteiger charge is 2.25. The minimum absolute atomic E-state index is 0.192. The van der Waals surface area contributed by atoms with E-state index < -0.39 is 11.8 Å². The number of carbonyl (C=O) groups is 3. The number of carbonyl (C=O) groups excluding carboxylic acids is 3. The molecular formula is C28H30FN3O4. The van der Waals surface area contributed by atoms with E-state index >= 15 is 0 Å². The van der Waals surface area contributed by atoms with Gasteiger partial charge in [-0.2, -0.15) is 0 Å². The second-order valence-electron chi connectivity index (χ2n) is 9.12. The van der Waals surface area contributed by atoms with Crippen molar-refractivity contribution in [3.8, 4) is 5.69 Å². The fourth-order valence-electron chi connectivity index (χ4n) is 4.54. The molecule has 3 aromatic rings. The maximum absolute atomic E-state index is 14.5. The predicted octanol–water partition coefficient (Wildman–Crippen LogP) is 4.25. The van der Waals surface area contributed by atoms with Gasteiger partial charge in [-0.1, -0.05) is 17.7 Å². The zero-order valence-electron chi connectivity index (χ0n) is 21.0. The molecular weight excluding hydrogens is 461 g/mol. The summed E-state index contributed by atoms with van der Waals surface area (Å²) >= 11 is 0. The van der Waals surface area contributed by atoms with Crippen LogP contribution in [-0.2, 0) is 9.53 Å². The Kier molecular flexibility index (Phi) is 7.24. The second kappa shape index (κ2) is 10.4. The highest BCUT2D eigenvalue weighted by Crippen LogP contribution is 2.24. The van der Waals surface area contributed by atoms with Crippen molar-refractivity contribution in [3.05, 3.63) is 82.4 Å². The summed E-state index contributed by atoms with van der Waals surface area (Å²) in [5, 5.41) is 0. The summed E-state index contributed by atoms with van der Waals surface area (Å²) in [4.78, 5) is 40.4. The van der Waals surface area contributed by atoms with E-state index in [9.17, 15) is 18.8 Å². The topological polar surface area (TPSA) is 71.9 Å². The molecule has 0 unspecified atom stereocenters. The first-order valence-corrected chi connectivity index (χ1v) is 11.9. The molecule has 1 aliphatic heterocycles. The van der Waals surface area contributed by atoms with Crippen LogP contribution in [0.1, 0.15) is 44.6 Å². The molecule has 1 aliphatic rings. The van der Waals surface area contributed by atoms with Gasteiger partial charge in [0.1, 0.15) is 5.82 Å². The molecule has 0 radical (unpaired) electrons. The van der Waals surface area contributed by atoms with Crippen LogP contribution in [0.4, 0.5) is 10.1 Å². The van der Waals surface area contributed by atoms with Gasteiger partial charge in [0.2, 0.25) is 0 Å². The van der Waals surface area contributed by atoms with E-state index in [1.54, 1.807) is 23.1 Å². The molecule has 2 heterocycles. The van der Waals surface area contributed by atoms with Crippen molar-refractivity contribution in [2.24, 2.45) is 0 Å². The minimum Gasteiger partial charge on any atom is -0.452 e. The summed E-state index contributed by atoms with van der Waals surface area (Å²) in [6.45, 7) is 8.48. The molecule has 8 heteroatoms. The van der Waals surface area contributed by atoms with E-state index in [0.29, 0.717) is 43.0 Å². The molecule has 0 N–H and O–H groups in total. The van der Waals surface area contributed by atoms with Crippen LogP contribution in [0.25, 0.3) is 5.69 Å². The molecule has 2 aromatic carbocycles. The minimum atomic E-state index is -0.541. The molecule has 1 saturated heterocycles. The van der Waals surface area contributed by atoms with Crippen LogP contribution in [0.5, 0.6) is 0 Å². The number of benzene rings is 2. The Labute approximate surface area is 210 Å². The molecule has 36 heavy (non-hydrogen) atoms. The fourth-order valence-corrected chi connectivity index (χ4v) is 4.54. The van der Waals surface area contributed by atoms with Crippen LogP contribution in [-0.4, -0.2) is 59.9 Å². The first kappa shape index (κ1) is 25.2. The largest absolute Gasteiger partial charge is 0.452 e. The lowest BCUT2D eigenvalue weighted by atomic mass is 10.1. The van der Waals surface area contributed by atoms with Crippen LogP contribution in [0.15, 0.2) is 48.5 Å². The standard InChI is InChI=1S/C28H30FN3O4/c1-18-5-8-23(9-6-18)32-19(2)15-24(20(32)3)28(35)36-17-27(34)31-13-11-30(12-14-31)26-10-7-22(21(4)33)16-25(26)29/h5-10,15-16H,11-14,17H2,1-4H3. The number of hydrogen-bond donors (Lipinski definition) is 0. The van der Waals surface area contributed by atoms with Crippen LogP contribution in [0, 0.1) is 26.6 Å². The van der Waals surface area contributed by atoms with Crippen molar-refractivity contribution in [3.63, 3.8) is 0 Å². The molecule has 188 valence electrons. The fraction of sp³-hybridized carbons (Fsp3) is 0.321. The average molecular weight is 492 g/mol. The van der Waals surface area contributed by atoms with E-state index in [4.69, 9.17) is 4.74 Å². The van der Waals surface area contributed by atoms with Crippen molar-refractivity contribution in [1.82, 2.24) is 9.47 Å². The number of aryl methyl sites for hydroxylation is 2. The molecule has 1 amide bonds. The number of ether oxygens (including phenoxy) is 1. The SMILES string of the molecule is CC(=O)c1ccc(N2CCN(C(=O)COC(=O)c3cc(C)n(-c4ccc(C)cc4)c3C)CC2)c(F)c1. The first-order chi connectivity index (χ1) is 17.2. The van der Waals surface area contributed by atoms with E-state index in [1.165, 1.54) is 13.0 Å². The van der Waals surface area contributed by atoms with E-state index in [-0.39, 0.29) is 18.3 Å². The summed E-state index contributed by atoms with van der Waals surface area (Å²) < 4.78 is 21.8. The number of rotatable bonds is 6. The van der Waals surface area contributed by atoms with Crippen LogP contribution in [0.2, 0.25) is 0 Å². The van der Waals surface area contributed by atoms with Crippen LogP contribution >= 0.6 is 0 Å². The third-order valence-electron chi connectivity index (χ3n) is 6.60. The first-order valence-electron chi connectivity index (χ1n) is 11.9. The third kappa shape index (κ3) is 5.17. The molecule has 0 saturated carbocycles. The number of ketones is 1. The Balaban J connectivity index is 1.34. The molecule has 1 aromatic heterocycles. The molecule has 0 atom stereocenters. The van der Waals surface area contributed by atoms with Gasteiger partial charge >= 0.3 is 5.97 Å². The van der Waals surface area contributed by atoms with Crippen molar-refractivity contribution in [2.45, 2.75) is 27.7 Å². The lowest BCUT2D eigenvalue weighted by molar-refractivity contribution is -0.134. The maximum atomic E-state index is 14.5. The van der Waals surface area contributed by atoms with Gasteiger partial charge in [0.25, 0.3) is 5.91 Å². The summed E-state index contributed by atoms with van der Waals surface area (Å²) in [6, 6.07) is 14.2. The molecule has 4 rings (SSSR count). The normalized spacial score (nSPS) is 13.6. The van der Waals surface area contributed by atoms with Gasteiger partial charge in [-0.05, 0) is 64.1 Å². The number of hydrogen-bond acceptors (Lipinski definition) is 5. The van der Waals surface area contributed by atoms with Gasteiger partial charge in [0, 0.05) is 48.8 Å². The van der Waals surface area contributed by atoms with Gasteiger partial charge in [-0.15, -0.1) is 0 Å². The van der Waals surface area contributed by atoms with Gasteiger partial charge in [0.05, 0.1) is 11.3 Å². The van der Waals surface area contributed by atoms with E-state index in [0.717, 1.165) is 22.6 Å². The Morgan fingerprint density at radius 2 is 1.58 bits per heavy atom. The number of nitrogens with zero attached hydrogens (tertiary/aromatic N) is 3. The van der Waals surface area contributed by atoms with Crippen molar-refractivity contribution in [2.75, 3.05) is 37.7 Å². The van der Waals surface area contributed by atoms with Gasteiger partial charge in [0.15, 0.2) is 12.4 Å². The highest BCUT2D eigenvalue weighted by molar-refractivity contribution is 5.94. The highest BCUT2D eigenvalue weighted by atomic mass is 19.1. The molecule has 1 fully saturated rings. The quantitative estimate of drug-likeness (QED) is 0.381. The summed E-state index contributed by atoms with van der Waals surface area (Å²) in [6.07, 6.45) is 0. The van der Waals surface area contributed by atoms with Crippen LogP contribution < -0.4 is 4.90 Å². The summed E-state index contributed by atoms with van der Waals surface area (Å²) in [7, 11) is 0. The number of esters is 1. The summed E-state index contributed by atoms with van der Waals surface area (Å²) in [5.74, 6) is -1.48. The van der Waals surface area contributed by atoms with Gasteiger partial charge in [-0.25, -0.2) is 9.18 Å². The van der Waals surface area contributed by atoms with Crippen molar-refractivity contribution >= 4 is 23.3 Å². The number of Topliss-reactive ketones (excluding diaryl/α,β-unsaturated/α-hetero) is 1. The molecule has 0 bridgehead atoms. The lowest BCUT2D eigenvalue weighted by Gasteiger charge is -2.36. The molecule has 7 nitrogen and oxygen atoms in total. The predicted molar refractivity (Wildman–Crippen MR) is 135 cm³/mol. The van der Waals surface area contributed by atoms with Crippen molar-refractivity contribution < 1.29 is 23.5 Å². The summed E-state index contributed by atoms with van der Waals surface area (Å²) in [5.41, 5.74) is 4.91. The molecule has 0 spiro atoms. The number of anilines is 1. The Bertz CT molecular complexity index is 1310. The Morgan fingerprint density at radius 3 is 2.19 bits per heavy atom. The van der Waals surface area contributed by atoms with Gasteiger partial charge in [-0.3, -0.25) is 9.59 Å². The number of piperazine rings is 1. The van der Waals surface area contributed by atoms with Crippen LogP contribution in [0.3, 0.4) is 0 Å². The zero-order valence-corrected chi connectivity index (χ0v) is 21.0. The second-order valence-corrected chi connectivity index (χ2v) is 9.12. The Morgan fingerprint density at radius 1 is 0.917 bits per heavy atom. The third-order valence-corrected chi connectivity index (χ3v) is 6.60. The van der Waals surface area contributed by atoms with Crippen molar-refractivity contribution in [1.29, 1.82) is 0 Å². The Hall–Kier alpha value is -3.94. The molecule has 0 aliphatic carbocycles. The van der Waals surface area contributed by atoms with E-state index in [2.05, 4.69) is 0 Å². The smallest absolute Gasteiger partial charge is 0.340 e. The monoisotopic (exact) mass is 491 g/mol. The van der Waals surface area contributed by atoms with E-state index in [1.807, 2.05) is 54.5 Å². The number of amides is 1.